The van der Waals surface area contributed by atoms with Crippen molar-refractivity contribution >= 4 is 23.2 Å². The number of fused-ring (bicyclic) bond motifs is 1. The van der Waals surface area contributed by atoms with E-state index in [1.807, 2.05) is 12.1 Å². The van der Waals surface area contributed by atoms with Gasteiger partial charge in [-0.3, -0.25) is 0 Å². The van der Waals surface area contributed by atoms with Crippen LogP contribution in [-0.4, -0.2) is 40.8 Å². The number of nitrogens with one attached hydrogen (secondary N) is 1. The number of nitrogens with zero attached hydrogens (tertiary/aromatic N) is 4. The monoisotopic (exact) mass is 293 g/mol. The van der Waals surface area contributed by atoms with E-state index in [1.54, 1.807) is 10.7 Å². The molecule has 0 radical (unpaired) electrons. The SMILES string of the molecule is CCNCC1CCN(c2nc3ccc(Cl)cn3n2)CC1. The molecular formula is C14H20ClN5. The van der Waals surface area contributed by atoms with E-state index in [0.29, 0.717) is 5.02 Å². The van der Waals surface area contributed by atoms with Gasteiger partial charge in [-0.15, -0.1) is 5.10 Å². The lowest BCUT2D eigenvalue weighted by Crippen LogP contribution is -2.37. The van der Waals surface area contributed by atoms with Crippen molar-refractivity contribution in [3.8, 4) is 0 Å². The molecule has 2 aromatic rings. The van der Waals surface area contributed by atoms with Gasteiger partial charge in [0, 0.05) is 19.3 Å². The largest absolute Gasteiger partial charge is 0.339 e. The molecule has 0 aliphatic carbocycles. The van der Waals surface area contributed by atoms with E-state index >= 15 is 0 Å². The van der Waals surface area contributed by atoms with Crippen molar-refractivity contribution in [1.29, 1.82) is 0 Å². The summed E-state index contributed by atoms with van der Waals surface area (Å²) in [4.78, 5) is 6.84. The number of aromatic nitrogens is 3. The Kier molecular flexibility index (Phi) is 4.08. The summed E-state index contributed by atoms with van der Waals surface area (Å²) in [7, 11) is 0. The number of hydrogen-bond donors (Lipinski definition) is 1. The lowest BCUT2D eigenvalue weighted by molar-refractivity contribution is 0.384. The van der Waals surface area contributed by atoms with Crippen molar-refractivity contribution in [2.24, 2.45) is 5.92 Å². The second-order valence-electron chi connectivity index (χ2n) is 5.30. The summed E-state index contributed by atoms with van der Waals surface area (Å²) < 4.78 is 1.75. The molecule has 2 aromatic heterocycles. The van der Waals surface area contributed by atoms with Crippen LogP contribution in [-0.2, 0) is 0 Å². The van der Waals surface area contributed by atoms with Gasteiger partial charge in [0.2, 0.25) is 5.95 Å². The average Bonchev–Trinajstić information content (AvgIpc) is 2.88. The Bertz CT molecular complexity index is 574. The van der Waals surface area contributed by atoms with Crippen molar-refractivity contribution in [3.63, 3.8) is 0 Å². The highest BCUT2D eigenvalue weighted by molar-refractivity contribution is 6.30. The Morgan fingerprint density at radius 1 is 1.35 bits per heavy atom. The number of halogens is 1. The molecule has 0 amide bonds. The first kappa shape index (κ1) is 13.6. The Morgan fingerprint density at radius 3 is 2.90 bits per heavy atom. The average molecular weight is 294 g/mol. The van der Waals surface area contributed by atoms with Crippen LogP contribution in [0.25, 0.3) is 5.65 Å². The van der Waals surface area contributed by atoms with Crippen LogP contribution < -0.4 is 10.2 Å². The minimum atomic E-state index is 0.679. The molecule has 5 nitrogen and oxygen atoms in total. The molecule has 0 spiro atoms. The second-order valence-corrected chi connectivity index (χ2v) is 5.74. The van der Waals surface area contributed by atoms with Crippen molar-refractivity contribution in [1.82, 2.24) is 19.9 Å². The summed E-state index contributed by atoms with van der Waals surface area (Å²) in [5, 5.41) is 8.63. The zero-order valence-electron chi connectivity index (χ0n) is 11.7. The molecule has 1 fully saturated rings. The molecule has 1 aliphatic rings. The fourth-order valence-electron chi connectivity index (χ4n) is 2.67. The van der Waals surface area contributed by atoms with E-state index in [0.717, 1.165) is 43.7 Å². The van der Waals surface area contributed by atoms with Crippen molar-refractivity contribution in [2.45, 2.75) is 19.8 Å². The molecule has 1 saturated heterocycles. The summed E-state index contributed by atoms with van der Waals surface area (Å²) in [6.07, 6.45) is 4.19. The van der Waals surface area contributed by atoms with E-state index in [9.17, 15) is 0 Å². The molecule has 1 N–H and O–H groups in total. The third-order valence-electron chi connectivity index (χ3n) is 3.86. The van der Waals surface area contributed by atoms with Crippen LogP contribution in [0.4, 0.5) is 5.95 Å². The second kappa shape index (κ2) is 5.97. The van der Waals surface area contributed by atoms with Crippen molar-refractivity contribution in [3.05, 3.63) is 23.4 Å². The first-order chi connectivity index (χ1) is 9.76. The molecule has 3 heterocycles. The molecule has 0 bridgehead atoms. The standard InChI is InChI=1S/C14H20ClN5/c1-2-16-9-11-5-7-19(8-6-11)14-17-13-4-3-12(15)10-20(13)18-14/h3-4,10-11,16H,2,5-9H2,1H3. The van der Waals surface area contributed by atoms with Gasteiger partial charge in [0.25, 0.3) is 0 Å². The molecule has 0 aromatic carbocycles. The first-order valence-corrected chi connectivity index (χ1v) is 7.61. The van der Waals surface area contributed by atoms with Crippen molar-refractivity contribution < 1.29 is 0 Å². The molecule has 1 aliphatic heterocycles. The lowest BCUT2D eigenvalue weighted by Gasteiger charge is -2.31. The fraction of sp³-hybridized carbons (Fsp3) is 0.571. The Labute approximate surface area is 123 Å². The van der Waals surface area contributed by atoms with Crippen LogP contribution in [0.5, 0.6) is 0 Å². The van der Waals surface area contributed by atoms with Gasteiger partial charge in [-0.1, -0.05) is 18.5 Å². The molecular weight excluding hydrogens is 274 g/mol. The van der Waals surface area contributed by atoms with E-state index in [4.69, 9.17) is 11.6 Å². The predicted octanol–water partition coefficient (Wildman–Crippen LogP) is 2.21. The van der Waals surface area contributed by atoms with Crippen LogP contribution in [0.15, 0.2) is 18.3 Å². The Hall–Kier alpha value is -1.33. The maximum atomic E-state index is 5.97. The summed E-state index contributed by atoms with van der Waals surface area (Å²) in [6.45, 7) is 6.38. The topological polar surface area (TPSA) is 45.5 Å². The van der Waals surface area contributed by atoms with Gasteiger partial charge >= 0.3 is 0 Å². The summed E-state index contributed by atoms with van der Waals surface area (Å²) in [5.41, 5.74) is 0.846. The number of anilines is 1. The van der Waals surface area contributed by atoms with Crippen molar-refractivity contribution in [2.75, 3.05) is 31.1 Å². The highest BCUT2D eigenvalue weighted by Crippen LogP contribution is 2.21. The quantitative estimate of drug-likeness (QED) is 0.939. The summed E-state index contributed by atoms with van der Waals surface area (Å²) in [5.74, 6) is 1.59. The van der Waals surface area contributed by atoms with Gasteiger partial charge in [-0.2, -0.15) is 4.98 Å². The highest BCUT2D eigenvalue weighted by atomic mass is 35.5. The van der Waals surface area contributed by atoms with Crippen LogP contribution >= 0.6 is 11.6 Å². The van der Waals surface area contributed by atoms with Crippen LogP contribution in [0, 0.1) is 5.92 Å². The maximum Gasteiger partial charge on any atom is 0.245 e. The smallest absolute Gasteiger partial charge is 0.245 e. The van der Waals surface area contributed by atoms with Gasteiger partial charge in [0.1, 0.15) is 0 Å². The van der Waals surface area contributed by atoms with Crippen LogP contribution in [0.1, 0.15) is 19.8 Å². The zero-order chi connectivity index (χ0) is 13.9. The summed E-state index contributed by atoms with van der Waals surface area (Å²) >= 11 is 5.97. The van der Waals surface area contributed by atoms with E-state index in [2.05, 4.69) is 27.2 Å². The summed E-state index contributed by atoms with van der Waals surface area (Å²) in [6, 6.07) is 3.74. The molecule has 3 rings (SSSR count). The van der Waals surface area contributed by atoms with Gasteiger partial charge in [-0.25, -0.2) is 4.52 Å². The zero-order valence-corrected chi connectivity index (χ0v) is 12.5. The third-order valence-corrected chi connectivity index (χ3v) is 4.09. The first-order valence-electron chi connectivity index (χ1n) is 7.24. The predicted molar refractivity (Wildman–Crippen MR) is 81.5 cm³/mol. The minimum absolute atomic E-state index is 0.679. The number of pyridine rings is 1. The molecule has 0 unspecified atom stereocenters. The highest BCUT2D eigenvalue weighted by Gasteiger charge is 2.21. The van der Waals surface area contributed by atoms with Crippen LogP contribution in [0.2, 0.25) is 5.02 Å². The number of rotatable bonds is 4. The van der Waals surface area contributed by atoms with E-state index in [-0.39, 0.29) is 0 Å². The molecule has 20 heavy (non-hydrogen) atoms. The van der Waals surface area contributed by atoms with Gasteiger partial charge in [0.15, 0.2) is 5.65 Å². The number of piperidine rings is 1. The maximum absolute atomic E-state index is 5.97. The lowest BCUT2D eigenvalue weighted by atomic mass is 9.97. The van der Waals surface area contributed by atoms with Gasteiger partial charge < -0.3 is 10.2 Å². The minimum Gasteiger partial charge on any atom is -0.339 e. The van der Waals surface area contributed by atoms with Gasteiger partial charge in [0.05, 0.1) is 5.02 Å². The van der Waals surface area contributed by atoms with Gasteiger partial charge in [-0.05, 0) is 44.0 Å². The van der Waals surface area contributed by atoms with E-state index < -0.39 is 0 Å². The fourth-order valence-corrected chi connectivity index (χ4v) is 2.82. The molecule has 108 valence electrons. The van der Waals surface area contributed by atoms with Crippen LogP contribution in [0.3, 0.4) is 0 Å². The molecule has 0 atom stereocenters. The molecule has 6 heteroatoms. The van der Waals surface area contributed by atoms with E-state index in [1.165, 1.54) is 12.8 Å². The number of hydrogen-bond acceptors (Lipinski definition) is 4. The Balaban J connectivity index is 1.67. The normalized spacial score (nSPS) is 17.0. The third kappa shape index (κ3) is 2.88. The Morgan fingerprint density at radius 2 is 2.15 bits per heavy atom. The molecule has 0 saturated carbocycles.